The lowest BCUT2D eigenvalue weighted by Crippen LogP contribution is -2.19. The van der Waals surface area contributed by atoms with Crippen molar-refractivity contribution in [3.05, 3.63) is 53.4 Å². The largest absolute Gasteiger partial charge is 0.483 e. The van der Waals surface area contributed by atoms with Gasteiger partial charge in [-0.1, -0.05) is 29.8 Å². The normalized spacial score (nSPS) is 11.7. The SMILES string of the molecule is O=C(O)c1cn2cc(Cl)cc(-c3ccccc3OCC(F)(F)F)c2n1. The van der Waals surface area contributed by atoms with Crippen molar-refractivity contribution in [3.63, 3.8) is 0 Å². The monoisotopic (exact) mass is 370 g/mol. The molecule has 2 heterocycles. The van der Waals surface area contributed by atoms with Crippen molar-refractivity contribution < 1.29 is 27.8 Å². The Morgan fingerprint density at radius 3 is 2.64 bits per heavy atom. The highest BCUT2D eigenvalue weighted by Crippen LogP contribution is 2.35. The predicted molar refractivity (Wildman–Crippen MR) is 84.1 cm³/mol. The van der Waals surface area contributed by atoms with Crippen LogP contribution in [0.25, 0.3) is 16.8 Å². The van der Waals surface area contributed by atoms with Gasteiger partial charge in [0.2, 0.25) is 0 Å². The van der Waals surface area contributed by atoms with Gasteiger partial charge in [-0.05, 0) is 12.1 Å². The third kappa shape index (κ3) is 3.69. The van der Waals surface area contributed by atoms with E-state index in [1.807, 2.05) is 0 Å². The molecule has 0 unspecified atom stereocenters. The molecule has 2 aromatic heterocycles. The average molecular weight is 371 g/mol. The maximum absolute atomic E-state index is 12.5. The molecule has 1 N–H and O–H groups in total. The lowest BCUT2D eigenvalue weighted by Gasteiger charge is -2.14. The number of para-hydroxylation sites is 1. The number of ether oxygens (including phenoxy) is 1. The van der Waals surface area contributed by atoms with E-state index >= 15 is 0 Å². The zero-order chi connectivity index (χ0) is 18.2. The van der Waals surface area contributed by atoms with Crippen LogP contribution in [0.5, 0.6) is 5.75 Å². The van der Waals surface area contributed by atoms with Crippen LogP contribution >= 0.6 is 11.6 Å². The first kappa shape index (κ1) is 17.1. The minimum Gasteiger partial charge on any atom is -0.483 e. The van der Waals surface area contributed by atoms with Gasteiger partial charge in [-0.2, -0.15) is 13.2 Å². The molecule has 3 rings (SSSR count). The first-order valence-electron chi connectivity index (χ1n) is 6.95. The Morgan fingerprint density at radius 2 is 1.96 bits per heavy atom. The molecule has 0 amide bonds. The Hall–Kier alpha value is -2.74. The summed E-state index contributed by atoms with van der Waals surface area (Å²) in [7, 11) is 0. The summed E-state index contributed by atoms with van der Waals surface area (Å²) in [5.41, 5.74) is 0.710. The van der Waals surface area contributed by atoms with E-state index < -0.39 is 18.8 Å². The van der Waals surface area contributed by atoms with Gasteiger partial charge in [0.1, 0.15) is 11.4 Å². The van der Waals surface area contributed by atoms with Crippen LogP contribution in [0.4, 0.5) is 13.2 Å². The summed E-state index contributed by atoms with van der Waals surface area (Å²) in [4.78, 5) is 15.1. The molecule has 25 heavy (non-hydrogen) atoms. The number of alkyl halides is 3. The number of hydrogen-bond acceptors (Lipinski definition) is 3. The summed E-state index contributed by atoms with van der Waals surface area (Å²) in [6, 6.07) is 7.58. The average Bonchev–Trinajstić information content (AvgIpc) is 2.96. The van der Waals surface area contributed by atoms with Crippen LogP contribution < -0.4 is 4.74 Å². The number of rotatable bonds is 4. The second kappa shape index (κ2) is 6.29. The van der Waals surface area contributed by atoms with Crippen LogP contribution in [0.3, 0.4) is 0 Å². The number of aromatic nitrogens is 2. The van der Waals surface area contributed by atoms with E-state index in [0.717, 1.165) is 0 Å². The number of benzene rings is 1. The topological polar surface area (TPSA) is 63.8 Å². The van der Waals surface area contributed by atoms with Crippen LogP contribution in [0.15, 0.2) is 42.7 Å². The molecule has 9 heteroatoms. The number of aromatic carboxylic acids is 1. The molecule has 0 spiro atoms. The van der Waals surface area contributed by atoms with Gasteiger partial charge in [-0.25, -0.2) is 9.78 Å². The molecule has 0 atom stereocenters. The van der Waals surface area contributed by atoms with Crippen LogP contribution in [0.1, 0.15) is 10.5 Å². The van der Waals surface area contributed by atoms with Gasteiger partial charge in [0.25, 0.3) is 0 Å². The summed E-state index contributed by atoms with van der Waals surface area (Å²) in [5, 5.41) is 9.35. The van der Waals surface area contributed by atoms with Gasteiger partial charge < -0.3 is 14.2 Å². The summed E-state index contributed by atoms with van der Waals surface area (Å²) < 4.78 is 43.7. The zero-order valence-electron chi connectivity index (χ0n) is 12.4. The van der Waals surface area contributed by atoms with Gasteiger partial charge in [0, 0.05) is 23.5 Å². The van der Waals surface area contributed by atoms with Crippen molar-refractivity contribution in [2.75, 3.05) is 6.61 Å². The molecule has 0 radical (unpaired) electrons. The Balaban J connectivity index is 2.15. The van der Waals surface area contributed by atoms with Crippen molar-refractivity contribution >= 4 is 23.2 Å². The van der Waals surface area contributed by atoms with Crippen LogP contribution in [0.2, 0.25) is 5.02 Å². The van der Waals surface area contributed by atoms with E-state index in [2.05, 4.69) is 4.98 Å². The molecule has 0 fully saturated rings. The first-order chi connectivity index (χ1) is 11.7. The fourth-order valence-corrected chi connectivity index (χ4v) is 2.55. The number of nitrogens with zero attached hydrogens (tertiary/aromatic N) is 2. The Morgan fingerprint density at radius 1 is 1.24 bits per heavy atom. The van der Waals surface area contributed by atoms with E-state index in [1.165, 1.54) is 35.0 Å². The third-order valence-electron chi connectivity index (χ3n) is 3.31. The molecule has 0 aliphatic rings. The molecular formula is C16H10ClF3N2O3. The number of halogens is 4. The van der Waals surface area contributed by atoms with E-state index in [0.29, 0.717) is 11.1 Å². The molecule has 0 saturated carbocycles. The molecule has 3 aromatic rings. The number of carboxylic acid groups (broad SMARTS) is 1. The number of fused-ring (bicyclic) bond motifs is 1. The van der Waals surface area contributed by atoms with E-state index in [1.54, 1.807) is 12.1 Å². The summed E-state index contributed by atoms with van der Waals surface area (Å²) >= 11 is 6.05. The van der Waals surface area contributed by atoms with Crippen molar-refractivity contribution in [2.45, 2.75) is 6.18 Å². The van der Waals surface area contributed by atoms with Crippen LogP contribution in [-0.2, 0) is 0 Å². The van der Waals surface area contributed by atoms with Crippen LogP contribution in [-0.4, -0.2) is 33.2 Å². The van der Waals surface area contributed by atoms with Crippen molar-refractivity contribution in [3.8, 4) is 16.9 Å². The fourth-order valence-electron chi connectivity index (χ4n) is 2.34. The molecule has 0 saturated heterocycles. The highest BCUT2D eigenvalue weighted by molar-refractivity contribution is 6.31. The molecule has 1 aromatic carbocycles. The number of imidazole rings is 1. The van der Waals surface area contributed by atoms with Crippen molar-refractivity contribution in [1.29, 1.82) is 0 Å². The molecule has 130 valence electrons. The highest BCUT2D eigenvalue weighted by Gasteiger charge is 2.29. The van der Waals surface area contributed by atoms with Crippen LogP contribution in [0, 0.1) is 0 Å². The predicted octanol–water partition coefficient (Wildman–Crippen LogP) is 4.29. The number of carboxylic acids is 1. The van der Waals surface area contributed by atoms with Gasteiger partial charge in [0.15, 0.2) is 12.3 Å². The Kier molecular flexibility index (Phi) is 4.30. The van der Waals surface area contributed by atoms with Gasteiger partial charge in [-0.15, -0.1) is 0 Å². The smallest absolute Gasteiger partial charge is 0.422 e. The lowest BCUT2D eigenvalue weighted by molar-refractivity contribution is -0.153. The zero-order valence-corrected chi connectivity index (χ0v) is 13.2. The highest BCUT2D eigenvalue weighted by atomic mass is 35.5. The van der Waals surface area contributed by atoms with Crippen molar-refractivity contribution in [1.82, 2.24) is 9.38 Å². The summed E-state index contributed by atoms with van der Waals surface area (Å²) in [6.07, 6.45) is -1.76. The number of pyridine rings is 1. The quantitative estimate of drug-likeness (QED) is 0.744. The third-order valence-corrected chi connectivity index (χ3v) is 3.51. The Bertz CT molecular complexity index is 953. The molecule has 0 aliphatic heterocycles. The first-order valence-corrected chi connectivity index (χ1v) is 7.33. The molecule has 0 bridgehead atoms. The van der Waals surface area contributed by atoms with Gasteiger partial charge in [0.05, 0.1) is 5.02 Å². The second-order valence-corrected chi connectivity index (χ2v) is 5.57. The molecule has 0 aliphatic carbocycles. The summed E-state index contributed by atoms with van der Waals surface area (Å²) in [5.74, 6) is -1.24. The van der Waals surface area contributed by atoms with E-state index in [9.17, 15) is 18.0 Å². The summed E-state index contributed by atoms with van der Waals surface area (Å²) in [6.45, 7) is -1.45. The van der Waals surface area contributed by atoms with E-state index in [4.69, 9.17) is 21.4 Å². The molecule has 5 nitrogen and oxygen atoms in total. The second-order valence-electron chi connectivity index (χ2n) is 5.13. The maximum Gasteiger partial charge on any atom is 0.422 e. The standard InChI is InChI=1S/C16H10ClF3N2O3/c17-9-5-11(14-21-12(15(23)24)7-22(14)6-9)10-3-1-2-4-13(10)25-8-16(18,19)20/h1-7H,8H2,(H,23,24). The number of carbonyl (C=O) groups is 1. The lowest BCUT2D eigenvalue weighted by atomic mass is 10.1. The minimum absolute atomic E-state index is 0.0103. The molecular weight excluding hydrogens is 361 g/mol. The maximum atomic E-state index is 12.5. The van der Waals surface area contributed by atoms with E-state index in [-0.39, 0.29) is 22.1 Å². The number of hydrogen-bond donors (Lipinski definition) is 1. The Labute approximate surface area is 144 Å². The minimum atomic E-state index is -4.49. The van der Waals surface area contributed by atoms with Gasteiger partial charge in [-0.3, -0.25) is 0 Å². The fraction of sp³-hybridized carbons (Fsp3) is 0.125. The van der Waals surface area contributed by atoms with Crippen molar-refractivity contribution in [2.24, 2.45) is 0 Å². The van der Waals surface area contributed by atoms with Gasteiger partial charge >= 0.3 is 12.1 Å².